The molecule has 2 aliphatic heterocycles. The Hall–Kier alpha value is -3.36. The van der Waals surface area contributed by atoms with Gasteiger partial charge in [0.2, 0.25) is 5.91 Å². The van der Waals surface area contributed by atoms with E-state index in [0.717, 1.165) is 23.8 Å². The van der Waals surface area contributed by atoms with Crippen molar-refractivity contribution in [1.29, 1.82) is 0 Å². The number of likely N-dealkylation sites (tertiary alicyclic amines) is 1. The number of aromatic nitrogens is 2. The van der Waals surface area contributed by atoms with Crippen LogP contribution in [0.3, 0.4) is 0 Å². The highest BCUT2D eigenvalue weighted by Crippen LogP contribution is 2.41. The minimum absolute atomic E-state index is 0.0421. The first-order valence-electron chi connectivity index (χ1n) is 9.33. The van der Waals surface area contributed by atoms with Crippen LogP contribution in [0.15, 0.2) is 36.5 Å². The molecule has 0 radical (unpaired) electrons. The smallest absolute Gasteiger partial charge is 0.322 e. The van der Waals surface area contributed by atoms with E-state index in [-0.39, 0.29) is 42.2 Å². The Morgan fingerprint density at radius 2 is 2.14 bits per heavy atom. The number of nitrogens with zero attached hydrogens (tertiary/aromatic N) is 4. The second kappa shape index (κ2) is 6.61. The second-order valence-corrected chi connectivity index (χ2v) is 7.46. The molecule has 0 spiro atoms. The molecule has 1 N–H and O–H groups in total. The minimum atomic E-state index is -1.01. The van der Waals surface area contributed by atoms with E-state index in [1.165, 1.54) is 11.0 Å². The number of anilines is 1. The Morgan fingerprint density at radius 3 is 2.90 bits per heavy atom. The van der Waals surface area contributed by atoms with E-state index in [1.807, 2.05) is 6.07 Å². The van der Waals surface area contributed by atoms with Gasteiger partial charge < -0.3 is 15.1 Å². The van der Waals surface area contributed by atoms with Gasteiger partial charge in [0, 0.05) is 18.3 Å². The number of carbonyl (C=O) groups excluding carboxylic acids is 2. The molecule has 29 heavy (non-hydrogen) atoms. The number of amides is 3. The number of urea groups is 1. The number of rotatable bonds is 3. The first-order valence-corrected chi connectivity index (χ1v) is 9.33. The predicted molar refractivity (Wildman–Crippen MR) is 99.4 cm³/mol. The molecule has 1 aromatic carbocycles. The maximum atomic E-state index is 14.1. The molecular formula is C20H17F2N5O2. The summed E-state index contributed by atoms with van der Waals surface area (Å²) in [6.45, 7) is 0.200. The molecule has 7 nitrogen and oxygen atoms in total. The molecule has 148 valence electrons. The SMILES string of the molecule is O=C1Nc2ccc(F)c(F)c2CN1CC(=O)N1C[C@@H]2C=C(c3cccnn3)[C@H]1C2. The van der Waals surface area contributed by atoms with Gasteiger partial charge in [0.05, 0.1) is 24.0 Å². The van der Waals surface area contributed by atoms with Crippen molar-refractivity contribution >= 4 is 23.2 Å². The van der Waals surface area contributed by atoms with E-state index in [2.05, 4.69) is 21.6 Å². The van der Waals surface area contributed by atoms with Crippen LogP contribution in [-0.4, -0.2) is 51.1 Å². The summed E-state index contributed by atoms with van der Waals surface area (Å²) in [6, 6.07) is 5.32. The Balaban J connectivity index is 1.33. The van der Waals surface area contributed by atoms with E-state index in [9.17, 15) is 18.4 Å². The van der Waals surface area contributed by atoms with Crippen LogP contribution < -0.4 is 5.32 Å². The first-order chi connectivity index (χ1) is 14.0. The lowest BCUT2D eigenvalue weighted by Gasteiger charge is -2.33. The van der Waals surface area contributed by atoms with Crippen LogP contribution in [0.2, 0.25) is 0 Å². The van der Waals surface area contributed by atoms with Crippen molar-refractivity contribution in [3.05, 3.63) is 59.4 Å². The summed E-state index contributed by atoms with van der Waals surface area (Å²) in [5.74, 6) is -1.99. The molecular weight excluding hydrogens is 380 g/mol. The average Bonchev–Trinajstić information content (AvgIpc) is 3.34. The predicted octanol–water partition coefficient (Wildman–Crippen LogP) is 2.42. The summed E-state index contributed by atoms with van der Waals surface area (Å²) < 4.78 is 27.7. The number of halogens is 2. The van der Waals surface area contributed by atoms with Crippen LogP contribution in [0.5, 0.6) is 0 Å². The minimum Gasteiger partial charge on any atom is -0.333 e. The van der Waals surface area contributed by atoms with Crippen LogP contribution >= 0.6 is 0 Å². The third kappa shape index (κ3) is 2.93. The highest BCUT2D eigenvalue weighted by molar-refractivity contribution is 5.95. The van der Waals surface area contributed by atoms with Crippen LogP contribution in [-0.2, 0) is 11.3 Å². The van der Waals surface area contributed by atoms with Crippen molar-refractivity contribution in [2.75, 3.05) is 18.4 Å². The number of fused-ring (bicyclic) bond motifs is 3. The molecule has 2 atom stereocenters. The number of nitrogens with one attached hydrogen (secondary N) is 1. The summed E-state index contributed by atoms with van der Waals surface area (Å²) in [4.78, 5) is 28.2. The number of carbonyl (C=O) groups is 2. The zero-order valence-corrected chi connectivity index (χ0v) is 15.3. The van der Waals surface area contributed by atoms with Crippen molar-refractivity contribution in [3.63, 3.8) is 0 Å². The summed E-state index contributed by atoms with van der Waals surface area (Å²) >= 11 is 0. The van der Waals surface area contributed by atoms with Gasteiger partial charge in [-0.1, -0.05) is 6.08 Å². The van der Waals surface area contributed by atoms with Crippen LogP contribution in [0.25, 0.3) is 5.57 Å². The summed E-state index contributed by atoms with van der Waals surface area (Å²) in [5, 5.41) is 10.6. The highest BCUT2D eigenvalue weighted by Gasteiger charge is 2.43. The van der Waals surface area contributed by atoms with Gasteiger partial charge in [-0.05, 0) is 42.2 Å². The lowest BCUT2D eigenvalue weighted by Crippen LogP contribution is -2.48. The third-order valence-electron chi connectivity index (χ3n) is 5.70. The number of hydrogen-bond acceptors (Lipinski definition) is 4. The molecule has 9 heteroatoms. The van der Waals surface area contributed by atoms with Crippen molar-refractivity contribution < 1.29 is 18.4 Å². The molecule has 1 fully saturated rings. The molecule has 0 unspecified atom stereocenters. The normalized spacial score (nSPS) is 22.4. The van der Waals surface area contributed by atoms with Crippen molar-refractivity contribution in [2.24, 2.45) is 5.92 Å². The fraction of sp³-hybridized carbons (Fsp3) is 0.300. The zero-order valence-electron chi connectivity index (χ0n) is 15.3. The fourth-order valence-corrected chi connectivity index (χ4v) is 4.34. The standard InChI is InChI=1S/C20H17F2N5O2/c21-14-3-4-15-13(19(14)22)9-26(20(29)24-15)10-18(28)27-8-11-6-12(17(27)7-11)16-2-1-5-23-25-16/h1-6,11,17H,7-10H2,(H,24,29)/t11-,17-/m1/s1. The van der Waals surface area contributed by atoms with Gasteiger partial charge >= 0.3 is 6.03 Å². The van der Waals surface area contributed by atoms with E-state index < -0.39 is 17.7 Å². The molecule has 5 rings (SSSR count). The Kier molecular flexibility index (Phi) is 4.04. The van der Waals surface area contributed by atoms with E-state index in [0.29, 0.717) is 6.54 Å². The largest absolute Gasteiger partial charge is 0.333 e. The molecule has 3 heterocycles. The van der Waals surface area contributed by atoms with Gasteiger partial charge in [0.15, 0.2) is 11.6 Å². The second-order valence-electron chi connectivity index (χ2n) is 7.46. The zero-order chi connectivity index (χ0) is 20.1. The summed E-state index contributed by atoms with van der Waals surface area (Å²) in [7, 11) is 0. The number of benzene rings is 1. The molecule has 1 saturated heterocycles. The molecule has 1 aromatic heterocycles. The monoisotopic (exact) mass is 397 g/mol. The highest BCUT2D eigenvalue weighted by atomic mass is 19.2. The maximum absolute atomic E-state index is 14.1. The van der Waals surface area contributed by atoms with Gasteiger partial charge in [0.25, 0.3) is 0 Å². The van der Waals surface area contributed by atoms with Crippen LogP contribution in [0, 0.1) is 17.6 Å². The van der Waals surface area contributed by atoms with Gasteiger partial charge in [0.1, 0.15) is 6.54 Å². The molecule has 2 bridgehead atoms. The van der Waals surface area contributed by atoms with Gasteiger partial charge in [-0.2, -0.15) is 10.2 Å². The average molecular weight is 397 g/mol. The fourth-order valence-electron chi connectivity index (χ4n) is 4.34. The molecule has 1 aliphatic carbocycles. The molecule has 3 amide bonds. The van der Waals surface area contributed by atoms with E-state index >= 15 is 0 Å². The van der Waals surface area contributed by atoms with Crippen LogP contribution in [0.4, 0.5) is 19.3 Å². The summed E-state index contributed by atoms with van der Waals surface area (Å²) in [6.07, 6.45) is 4.53. The van der Waals surface area contributed by atoms with Gasteiger partial charge in [-0.25, -0.2) is 13.6 Å². The molecule has 0 saturated carbocycles. The Morgan fingerprint density at radius 1 is 1.28 bits per heavy atom. The first kappa shape index (κ1) is 17.7. The van der Waals surface area contributed by atoms with E-state index in [4.69, 9.17) is 0 Å². The lowest BCUT2D eigenvalue weighted by molar-refractivity contribution is -0.132. The van der Waals surface area contributed by atoms with Crippen molar-refractivity contribution in [2.45, 2.75) is 19.0 Å². The quantitative estimate of drug-likeness (QED) is 0.863. The molecule has 3 aliphatic rings. The van der Waals surface area contributed by atoms with Crippen LogP contribution in [0.1, 0.15) is 17.7 Å². The Labute approximate surface area is 165 Å². The van der Waals surface area contributed by atoms with Gasteiger partial charge in [-0.3, -0.25) is 4.79 Å². The topological polar surface area (TPSA) is 78.4 Å². The Bertz CT molecular complexity index is 1040. The van der Waals surface area contributed by atoms with Crippen molar-refractivity contribution in [1.82, 2.24) is 20.0 Å². The van der Waals surface area contributed by atoms with Gasteiger partial charge in [-0.15, -0.1) is 0 Å². The number of hydrogen-bond donors (Lipinski definition) is 1. The lowest BCUT2D eigenvalue weighted by atomic mass is 10.1. The maximum Gasteiger partial charge on any atom is 0.322 e. The third-order valence-corrected chi connectivity index (χ3v) is 5.70. The molecule has 2 aromatic rings. The van der Waals surface area contributed by atoms with Crippen molar-refractivity contribution in [3.8, 4) is 0 Å². The summed E-state index contributed by atoms with van der Waals surface area (Å²) in [5.41, 5.74) is 1.97. The van der Waals surface area contributed by atoms with E-state index in [1.54, 1.807) is 17.2 Å².